The van der Waals surface area contributed by atoms with Crippen molar-refractivity contribution in [3.05, 3.63) is 89.9 Å². The summed E-state index contributed by atoms with van der Waals surface area (Å²) in [6, 6.07) is 17.3. The molecule has 33 heavy (non-hydrogen) atoms. The minimum Gasteiger partial charge on any atom is -0.464 e. The van der Waals surface area contributed by atoms with Crippen molar-refractivity contribution in [1.29, 1.82) is 0 Å². The Kier molecular flexibility index (Phi) is 5.97. The third kappa shape index (κ3) is 4.49. The number of carbonyl (C=O) groups is 1. The Morgan fingerprint density at radius 1 is 1.03 bits per heavy atom. The smallest absolute Gasteiger partial charge is 0.355 e. The number of ether oxygens (including phenoxy) is 1. The first kappa shape index (κ1) is 22.2. The highest BCUT2D eigenvalue weighted by Gasteiger charge is 2.26. The number of nitrogens with one attached hydrogen (secondary N) is 1. The van der Waals surface area contributed by atoms with Crippen molar-refractivity contribution in [2.45, 2.75) is 18.7 Å². The molecule has 4 aromatic rings. The number of esters is 1. The van der Waals surface area contributed by atoms with Crippen LogP contribution in [0.25, 0.3) is 11.3 Å². The van der Waals surface area contributed by atoms with E-state index in [0.29, 0.717) is 17.2 Å². The normalized spacial score (nSPS) is 11.2. The molecule has 0 aliphatic heterocycles. The summed E-state index contributed by atoms with van der Waals surface area (Å²) < 4.78 is 32.4. The molecule has 4 rings (SSSR count). The summed E-state index contributed by atoms with van der Waals surface area (Å²) in [6.07, 6.45) is 3.01. The van der Waals surface area contributed by atoms with E-state index >= 15 is 0 Å². The summed E-state index contributed by atoms with van der Waals surface area (Å²) in [5.74, 6) is -0.429. The molecule has 0 bridgehead atoms. The fourth-order valence-corrected chi connectivity index (χ4v) is 4.64. The lowest BCUT2D eigenvalue weighted by Gasteiger charge is -2.09. The molecule has 0 aliphatic carbocycles. The van der Waals surface area contributed by atoms with E-state index in [1.807, 2.05) is 44.2 Å². The highest BCUT2D eigenvalue weighted by molar-refractivity contribution is 7.90. The molecule has 0 fully saturated rings. The number of anilines is 2. The third-order valence-corrected chi connectivity index (χ3v) is 6.72. The number of rotatable bonds is 6. The first-order valence-electron chi connectivity index (χ1n) is 10.1. The summed E-state index contributed by atoms with van der Waals surface area (Å²) in [7, 11) is -2.84. The maximum absolute atomic E-state index is 13.3. The number of aryl methyl sites for hydroxylation is 2. The molecule has 2 heterocycles. The van der Waals surface area contributed by atoms with Gasteiger partial charge in [-0.15, -0.1) is 0 Å². The number of para-hydroxylation sites is 1. The zero-order chi connectivity index (χ0) is 23.6. The molecular weight excluding hydrogens is 440 g/mol. The van der Waals surface area contributed by atoms with Gasteiger partial charge in [0, 0.05) is 23.6 Å². The molecule has 1 N–H and O–H groups in total. The first-order valence-corrected chi connectivity index (χ1v) is 11.5. The predicted octanol–water partition coefficient (Wildman–Crippen LogP) is 4.33. The number of aromatic nitrogens is 3. The number of benzene rings is 2. The second-order valence-electron chi connectivity index (χ2n) is 7.44. The van der Waals surface area contributed by atoms with E-state index in [0.717, 1.165) is 20.8 Å². The third-order valence-electron chi connectivity index (χ3n) is 5.03. The Balaban J connectivity index is 1.81. The van der Waals surface area contributed by atoms with E-state index in [1.165, 1.54) is 31.5 Å². The Morgan fingerprint density at radius 2 is 1.73 bits per heavy atom. The summed E-state index contributed by atoms with van der Waals surface area (Å²) in [6.45, 7) is 3.67. The van der Waals surface area contributed by atoms with Gasteiger partial charge in [-0.2, -0.15) is 0 Å². The molecule has 9 heteroatoms. The topological polar surface area (TPSA) is 103 Å². The van der Waals surface area contributed by atoms with E-state index in [1.54, 1.807) is 18.3 Å². The van der Waals surface area contributed by atoms with Crippen LogP contribution in [-0.4, -0.2) is 35.4 Å². The fourth-order valence-electron chi connectivity index (χ4n) is 3.29. The van der Waals surface area contributed by atoms with Gasteiger partial charge < -0.3 is 10.1 Å². The van der Waals surface area contributed by atoms with Crippen LogP contribution in [0.4, 0.5) is 11.6 Å². The highest BCUT2D eigenvalue weighted by atomic mass is 32.2. The largest absolute Gasteiger partial charge is 0.464 e. The molecule has 0 saturated heterocycles. The number of carbonyl (C=O) groups excluding carboxylic acids is 1. The minimum absolute atomic E-state index is 0.0613. The number of nitrogens with zero attached hydrogens (tertiary/aromatic N) is 3. The number of hydrogen-bond donors (Lipinski definition) is 1. The lowest BCUT2D eigenvalue weighted by atomic mass is 10.1. The molecule has 0 spiro atoms. The molecule has 0 atom stereocenters. The van der Waals surface area contributed by atoms with Crippen LogP contribution in [0.2, 0.25) is 0 Å². The van der Waals surface area contributed by atoms with E-state index in [4.69, 9.17) is 4.74 Å². The van der Waals surface area contributed by atoms with Crippen LogP contribution in [-0.2, 0) is 14.8 Å². The van der Waals surface area contributed by atoms with Crippen LogP contribution in [0.1, 0.15) is 21.6 Å². The standard InChI is InChI=1S/C24H22N4O4S/c1-16-9-11-20(12-10-16)33(30,31)28-15-18(13-21(28)23(29)32-3)22-17(2)14-25-24(27-22)26-19-7-5-4-6-8-19/h4-15H,1-3H3,(H,25,26,27). The van der Waals surface area contributed by atoms with Crippen molar-refractivity contribution in [2.24, 2.45) is 0 Å². The molecule has 8 nitrogen and oxygen atoms in total. The SMILES string of the molecule is COC(=O)c1cc(-c2nc(Nc3ccccc3)ncc2C)cn1S(=O)(=O)c1ccc(C)cc1. The average molecular weight is 463 g/mol. The van der Waals surface area contributed by atoms with Gasteiger partial charge in [0.1, 0.15) is 5.69 Å². The van der Waals surface area contributed by atoms with Crippen LogP contribution in [0.3, 0.4) is 0 Å². The van der Waals surface area contributed by atoms with Crippen LogP contribution >= 0.6 is 0 Å². The van der Waals surface area contributed by atoms with Gasteiger partial charge in [0.2, 0.25) is 5.95 Å². The monoisotopic (exact) mass is 462 g/mol. The van der Waals surface area contributed by atoms with Crippen LogP contribution in [0, 0.1) is 13.8 Å². The minimum atomic E-state index is -4.04. The summed E-state index contributed by atoms with van der Waals surface area (Å²) in [5.41, 5.74) is 3.26. The Morgan fingerprint density at radius 3 is 2.39 bits per heavy atom. The van der Waals surface area contributed by atoms with Crippen LogP contribution in [0.5, 0.6) is 0 Å². The Bertz CT molecular complexity index is 1410. The molecule has 168 valence electrons. The average Bonchev–Trinajstić information content (AvgIpc) is 3.27. The van der Waals surface area contributed by atoms with Crippen molar-refractivity contribution >= 4 is 27.6 Å². The van der Waals surface area contributed by atoms with Gasteiger partial charge in [-0.3, -0.25) is 0 Å². The molecule has 0 saturated carbocycles. The summed E-state index contributed by atoms with van der Waals surface area (Å²) >= 11 is 0. The maximum atomic E-state index is 13.3. The van der Waals surface area contributed by atoms with Gasteiger partial charge in [0.05, 0.1) is 17.7 Å². The zero-order valence-corrected chi connectivity index (χ0v) is 19.1. The molecule has 0 radical (unpaired) electrons. The molecule has 2 aromatic carbocycles. The van der Waals surface area contributed by atoms with Crippen molar-refractivity contribution in [1.82, 2.24) is 13.9 Å². The molecule has 2 aromatic heterocycles. The summed E-state index contributed by atoms with van der Waals surface area (Å²) in [4.78, 5) is 21.4. The van der Waals surface area contributed by atoms with Gasteiger partial charge in [0.25, 0.3) is 10.0 Å². The summed E-state index contributed by atoms with van der Waals surface area (Å²) in [5, 5.41) is 3.12. The van der Waals surface area contributed by atoms with Crippen molar-refractivity contribution in [2.75, 3.05) is 12.4 Å². The molecular formula is C24H22N4O4S. The van der Waals surface area contributed by atoms with Crippen molar-refractivity contribution in [3.63, 3.8) is 0 Å². The van der Waals surface area contributed by atoms with Gasteiger partial charge in [-0.25, -0.2) is 27.2 Å². The van der Waals surface area contributed by atoms with E-state index < -0.39 is 16.0 Å². The van der Waals surface area contributed by atoms with Crippen LogP contribution < -0.4 is 5.32 Å². The maximum Gasteiger partial charge on any atom is 0.355 e. The van der Waals surface area contributed by atoms with Gasteiger partial charge >= 0.3 is 5.97 Å². The molecule has 0 aliphatic rings. The van der Waals surface area contributed by atoms with E-state index in [9.17, 15) is 13.2 Å². The van der Waals surface area contributed by atoms with Crippen molar-refractivity contribution in [3.8, 4) is 11.3 Å². The second kappa shape index (κ2) is 8.87. The van der Waals surface area contributed by atoms with Gasteiger partial charge in [-0.1, -0.05) is 35.9 Å². The van der Waals surface area contributed by atoms with Crippen molar-refractivity contribution < 1.29 is 17.9 Å². The van der Waals surface area contributed by atoms with E-state index in [2.05, 4.69) is 15.3 Å². The highest BCUT2D eigenvalue weighted by Crippen LogP contribution is 2.28. The van der Waals surface area contributed by atoms with Crippen LogP contribution in [0.15, 0.2) is 78.0 Å². The second-order valence-corrected chi connectivity index (χ2v) is 9.25. The zero-order valence-electron chi connectivity index (χ0n) is 18.3. The fraction of sp³-hybridized carbons (Fsp3) is 0.125. The predicted molar refractivity (Wildman–Crippen MR) is 125 cm³/mol. The lowest BCUT2D eigenvalue weighted by molar-refractivity contribution is 0.0593. The van der Waals surface area contributed by atoms with E-state index in [-0.39, 0.29) is 10.6 Å². The quantitative estimate of drug-likeness (QED) is 0.425. The lowest BCUT2D eigenvalue weighted by Crippen LogP contribution is -2.18. The first-order chi connectivity index (χ1) is 15.8. The van der Waals surface area contributed by atoms with Gasteiger partial charge in [-0.05, 0) is 49.7 Å². The number of hydrogen-bond acceptors (Lipinski definition) is 7. The van der Waals surface area contributed by atoms with Gasteiger partial charge in [0.15, 0.2) is 0 Å². The Labute approximate surface area is 192 Å². The number of methoxy groups -OCH3 is 1. The molecule has 0 unspecified atom stereocenters. The molecule has 0 amide bonds. The Hall–Kier alpha value is -3.98.